The molecule has 0 saturated carbocycles. The van der Waals surface area contributed by atoms with Gasteiger partial charge in [0.2, 0.25) is 0 Å². The minimum Gasteiger partial charge on any atom is -0.497 e. The molecule has 0 aliphatic rings. The molecule has 1 aromatic carbocycles. The standard InChI is InChI=1S/C10H13FO3/c1-13-7-5-9(11)8(3-4-12)10(6-7)14-2/h5-6,12H,3-4H2,1-2H3. The highest BCUT2D eigenvalue weighted by atomic mass is 19.1. The molecule has 0 fully saturated rings. The maximum Gasteiger partial charge on any atom is 0.133 e. The fraction of sp³-hybridized carbons (Fsp3) is 0.400. The number of halogens is 1. The Bertz CT molecular complexity index is 312. The highest BCUT2D eigenvalue weighted by Crippen LogP contribution is 2.27. The molecule has 4 heteroatoms. The van der Waals surface area contributed by atoms with Crippen molar-refractivity contribution in [2.75, 3.05) is 20.8 Å². The molecule has 3 nitrogen and oxygen atoms in total. The van der Waals surface area contributed by atoms with Crippen LogP contribution in [0.2, 0.25) is 0 Å². The van der Waals surface area contributed by atoms with Crippen LogP contribution in [0.1, 0.15) is 5.56 Å². The zero-order valence-corrected chi connectivity index (χ0v) is 8.21. The van der Waals surface area contributed by atoms with E-state index in [2.05, 4.69) is 0 Å². The summed E-state index contributed by atoms with van der Waals surface area (Å²) in [7, 11) is 2.91. The van der Waals surface area contributed by atoms with Crippen molar-refractivity contribution in [3.8, 4) is 11.5 Å². The molecule has 0 radical (unpaired) electrons. The third-order valence-corrected chi connectivity index (χ3v) is 1.95. The molecule has 0 bridgehead atoms. The van der Waals surface area contributed by atoms with Crippen molar-refractivity contribution in [2.45, 2.75) is 6.42 Å². The van der Waals surface area contributed by atoms with Crippen LogP contribution in [0, 0.1) is 5.82 Å². The first-order valence-corrected chi connectivity index (χ1v) is 4.24. The number of aliphatic hydroxyl groups excluding tert-OH is 1. The van der Waals surface area contributed by atoms with Gasteiger partial charge in [-0.25, -0.2) is 4.39 Å². The molecule has 1 rings (SSSR count). The van der Waals surface area contributed by atoms with Crippen LogP contribution >= 0.6 is 0 Å². The third-order valence-electron chi connectivity index (χ3n) is 1.95. The number of rotatable bonds is 4. The quantitative estimate of drug-likeness (QED) is 0.798. The lowest BCUT2D eigenvalue weighted by Gasteiger charge is -2.10. The molecule has 0 atom stereocenters. The van der Waals surface area contributed by atoms with Crippen LogP contribution < -0.4 is 9.47 Å². The predicted molar refractivity (Wildman–Crippen MR) is 50.3 cm³/mol. The van der Waals surface area contributed by atoms with E-state index in [1.807, 2.05) is 0 Å². The Hall–Kier alpha value is -1.29. The average Bonchev–Trinajstić information content (AvgIpc) is 2.20. The van der Waals surface area contributed by atoms with Crippen LogP contribution in [0.3, 0.4) is 0 Å². The fourth-order valence-corrected chi connectivity index (χ4v) is 1.24. The molecule has 0 saturated heterocycles. The summed E-state index contributed by atoms with van der Waals surface area (Å²) < 4.78 is 23.3. The van der Waals surface area contributed by atoms with Gasteiger partial charge in [-0.3, -0.25) is 0 Å². The Morgan fingerprint density at radius 1 is 1.29 bits per heavy atom. The highest BCUT2D eigenvalue weighted by molar-refractivity contribution is 5.42. The highest BCUT2D eigenvalue weighted by Gasteiger charge is 2.11. The van der Waals surface area contributed by atoms with Crippen molar-refractivity contribution >= 4 is 0 Å². The van der Waals surface area contributed by atoms with Gasteiger partial charge >= 0.3 is 0 Å². The van der Waals surface area contributed by atoms with Crippen molar-refractivity contribution in [1.82, 2.24) is 0 Å². The smallest absolute Gasteiger partial charge is 0.133 e. The van der Waals surface area contributed by atoms with Crippen LogP contribution in [-0.2, 0) is 6.42 Å². The molecule has 0 aromatic heterocycles. The van der Waals surface area contributed by atoms with Gasteiger partial charge in [-0.1, -0.05) is 0 Å². The van der Waals surface area contributed by atoms with Crippen molar-refractivity contribution in [2.24, 2.45) is 0 Å². The summed E-state index contributed by atoms with van der Waals surface area (Å²) in [4.78, 5) is 0. The van der Waals surface area contributed by atoms with Crippen molar-refractivity contribution in [1.29, 1.82) is 0 Å². The number of methoxy groups -OCH3 is 2. The van der Waals surface area contributed by atoms with Crippen LogP contribution in [0.25, 0.3) is 0 Å². The van der Waals surface area contributed by atoms with Crippen LogP contribution in [0.5, 0.6) is 11.5 Å². The van der Waals surface area contributed by atoms with Gasteiger partial charge in [0.1, 0.15) is 17.3 Å². The number of ether oxygens (including phenoxy) is 2. The van der Waals surface area contributed by atoms with E-state index in [0.717, 1.165) is 0 Å². The molecule has 1 aromatic rings. The minimum atomic E-state index is -0.421. The van der Waals surface area contributed by atoms with Gasteiger partial charge < -0.3 is 14.6 Å². The molecule has 1 N–H and O–H groups in total. The van der Waals surface area contributed by atoms with E-state index < -0.39 is 5.82 Å². The van der Waals surface area contributed by atoms with Gasteiger partial charge in [0.15, 0.2) is 0 Å². The zero-order chi connectivity index (χ0) is 10.6. The van der Waals surface area contributed by atoms with Gasteiger partial charge in [-0.15, -0.1) is 0 Å². The second kappa shape index (κ2) is 4.81. The second-order valence-electron chi connectivity index (χ2n) is 2.76. The minimum absolute atomic E-state index is 0.111. The van der Waals surface area contributed by atoms with E-state index in [4.69, 9.17) is 14.6 Å². The first kappa shape index (κ1) is 10.8. The van der Waals surface area contributed by atoms with Crippen molar-refractivity contribution in [3.63, 3.8) is 0 Å². The maximum atomic E-state index is 13.4. The van der Waals surface area contributed by atoms with E-state index >= 15 is 0 Å². The summed E-state index contributed by atoms with van der Waals surface area (Å²) in [6, 6.07) is 2.86. The first-order chi connectivity index (χ1) is 6.72. The molecule has 78 valence electrons. The molecule has 14 heavy (non-hydrogen) atoms. The van der Waals surface area contributed by atoms with Gasteiger partial charge in [-0.2, -0.15) is 0 Å². The summed E-state index contributed by atoms with van der Waals surface area (Å²) >= 11 is 0. The topological polar surface area (TPSA) is 38.7 Å². The number of aliphatic hydroxyl groups is 1. The summed E-state index contributed by atoms with van der Waals surface area (Å²) in [6.45, 7) is -0.111. The Morgan fingerprint density at radius 2 is 2.00 bits per heavy atom. The van der Waals surface area contributed by atoms with Gasteiger partial charge in [0.25, 0.3) is 0 Å². The molecule has 0 heterocycles. The van der Waals surface area contributed by atoms with Crippen LogP contribution in [0.15, 0.2) is 12.1 Å². The van der Waals surface area contributed by atoms with Crippen molar-refractivity contribution in [3.05, 3.63) is 23.5 Å². The molecular formula is C10H13FO3. The lowest BCUT2D eigenvalue weighted by molar-refractivity contribution is 0.293. The van der Waals surface area contributed by atoms with E-state index in [-0.39, 0.29) is 13.0 Å². The van der Waals surface area contributed by atoms with Crippen LogP contribution in [0.4, 0.5) is 4.39 Å². The Kier molecular flexibility index (Phi) is 3.71. The normalized spacial score (nSPS) is 10.0. The van der Waals surface area contributed by atoms with Gasteiger partial charge in [0.05, 0.1) is 14.2 Å². The zero-order valence-electron chi connectivity index (χ0n) is 8.21. The molecule has 0 unspecified atom stereocenters. The predicted octanol–water partition coefficient (Wildman–Crippen LogP) is 1.38. The van der Waals surface area contributed by atoms with E-state index in [1.165, 1.54) is 20.3 Å². The van der Waals surface area contributed by atoms with Gasteiger partial charge in [0, 0.05) is 30.7 Å². The third kappa shape index (κ3) is 2.14. The van der Waals surface area contributed by atoms with Crippen molar-refractivity contribution < 1.29 is 19.0 Å². The molecule has 0 amide bonds. The molecular weight excluding hydrogens is 187 g/mol. The number of hydrogen-bond donors (Lipinski definition) is 1. The Labute approximate surface area is 82.1 Å². The number of hydrogen-bond acceptors (Lipinski definition) is 3. The second-order valence-corrected chi connectivity index (χ2v) is 2.76. The summed E-state index contributed by atoms with van der Waals surface area (Å²) in [6.07, 6.45) is 0.235. The van der Waals surface area contributed by atoms with E-state index in [0.29, 0.717) is 17.1 Å². The largest absolute Gasteiger partial charge is 0.497 e. The van der Waals surface area contributed by atoms with E-state index in [9.17, 15) is 4.39 Å². The lowest BCUT2D eigenvalue weighted by atomic mass is 10.1. The summed E-state index contributed by atoms with van der Waals surface area (Å²) in [5.41, 5.74) is 0.371. The average molecular weight is 200 g/mol. The Balaban J connectivity index is 3.13. The Morgan fingerprint density at radius 3 is 2.50 bits per heavy atom. The molecule has 0 aliphatic carbocycles. The summed E-state index contributed by atoms with van der Waals surface area (Å²) in [5.74, 6) is 0.382. The molecule has 0 spiro atoms. The van der Waals surface area contributed by atoms with Crippen LogP contribution in [-0.4, -0.2) is 25.9 Å². The SMILES string of the molecule is COc1cc(F)c(CCO)c(OC)c1. The lowest BCUT2D eigenvalue weighted by Crippen LogP contribution is -2.00. The monoisotopic (exact) mass is 200 g/mol. The first-order valence-electron chi connectivity index (χ1n) is 4.24. The number of benzene rings is 1. The fourth-order valence-electron chi connectivity index (χ4n) is 1.24. The maximum absolute atomic E-state index is 13.4. The molecule has 0 aliphatic heterocycles. The van der Waals surface area contributed by atoms with E-state index in [1.54, 1.807) is 6.07 Å². The van der Waals surface area contributed by atoms with Gasteiger partial charge in [-0.05, 0) is 0 Å². The summed E-state index contributed by atoms with van der Waals surface area (Å²) in [5, 5.41) is 8.74.